The Morgan fingerprint density at radius 3 is 0.968 bits per heavy atom. The maximum Gasteiger partial charge on any atom is 0.200 e. The molecular formula is C55H58N2O6. The monoisotopic (exact) mass is 842 g/mol. The van der Waals surface area contributed by atoms with E-state index in [0.29, 0.717) is 87.3 Å². The quantitative estimate of drug-likeness (QED) is 0.0762. The van der Waals surface area contributed by atoms with Crippen molar-refractivity contribution in [2.45, 2.75) is 79.0 Å². The van der Waals surface area contributed by atoms with E-state index >= 15 is 0 Å². The molecule has 0 N–H and O–H groups in total. The molecule has 8 heteroatoms. The fourth-order valence-electron chi connectivity index (χ4n) is 7.90. The Labute approximate surface area is 372 Å². The standard InChI is InChI=1S/C55H58N2O6/c1-39(2)51-37-62-53(56-51)55(54-57-52(38-63-54)40(3)4,31-45-25-47(58-33-41-17-9-5-10-18-41)29-48(26-45)59-34-42-19-11-6-12-20-42)32-46-27-49(60-35-43-21-13-7-14-22-43)30-50(28-46)61-36-44-23-15-8-16-24-44/h5-30,39-40,51-52H,31-38H2,1-4H3/t51-,52?/m1/s1. The first-order valence-corrected chi connectivity index (χ1v) is 22.1. The largest absolute Gasteiger partial charge is 0.489 e. The molecule has 0 aliphatic carbocycles. The van der Waals surface area contributed by atoms with Gasteiger partial charge in [-0.1, -0.05) is 149 Å². The summed E-state index contributed by atoms with van der Waals surface area (Å²) in [4.78, 5) is 10.7. The Hall–Kier alpha value is -6.54. The van der Waals surface area contributed by atoms with Crippen LogP contribution in [0.25, 0.3) is 0 Å². The summed E-state index contributed by atoms with van der Waals surface area (Å²) in [7, 11) is 0. The van der Waals surface area contributed by atoms with Crippen LogP contribution < -0.4 is 18.9 Å². The highest BCUT2D eigenvalue weighted by atomic mass is 16.5. The molecule has 6 aromatic carbocycles. The van der Waals surface area contributed by atoms with Crippen molar-refractivity contribution in [3.63, 3.8) is 0 Å². The number of nitrogens with zero attached hydrogens (tertiary/aromatic N) is 2. The molecule has 2 atom stereocenters. The average molecular weight is 843 g/mol. The average Bonchev–Trinajstić information content (AvgIpc) is 4.03. The maximum absolute atomic E-state index is 6.75. The minimum atomic E-state index is -0.948. The molecule has 8 nitrogen and oxygen atoms in total. The molecule has 0 spiro atoms. The van der Waals surface area contributed by atoms with Gasteiger partial charge in [0.15, 0.2) is 11.8 Å². The fraction of sp³-hybridized carbons (Fsp3) is 0.309. The highest BCUT2D eigenvalue weighted by molar-refractivity contribution is 6.07. The summed E-state index contributed by atoms with van der Waals surface area (Å²) < 4.78 is 39.6. The van der Waals surface area contributed by atoms with Crippen molar-refractivity contribution < 1.29 is 28.4 Å². The third kappa shape index (κ3) is 11.5. The Balaban J connectivity index is 1.22. The summed E-state index contributed by atoms with van der Waals surface area (Å²) in [6.45, 7) is 11.4. The van der Waals surface area contributed by atoms with E-state index in [9.17, 15) is 0 Å². The number of rotatable bonds is 20. The predicted octanol–water partition coefficient (Wildman–Crippen LogP) is 11.7. The molecule has 63 heavy (non-hydrogen) atoms. The summed E-state index contributed by atoms with van der Waals surface area (Å²) in [5.41, 5.74) is 5.29. The van der Waals surface area contributed by atoms with Gasteiger partial charge < -0.3 is 28.4 Å². The van der Waals surface area contributed by atoms with Gasteiger partial charge in [0.05, 0.1) is 12.1 Å². The molecule has 0 radical (unpaired) electrons. The molecule has 2 heterocycles. The van der Waals surface area contributed by atoms with Gasteiger partial charge in [-0.3, -0.25) is 0 Å². The van der Waals surface area contributed by atoms with E-state index in [1.165, 1.54) is 0 Å². The zero-order valence-corrected chi connectivity index (χ0v) is 36.8. The van der Waals surface area contributed by atoms with Crippen LogP contribution in [0.1, 0.15) is 61.1 Å². The first-order valence-electron chi connectivity index (χ1n) is 22.1. The van der Waals surface area contributed by atoms with Crippen LogP contribution in [0.4, 0.5) is 0 Å². The highest BCUT2D eigenvalue weighted by Gasteiger charge is 2.50. The zero-order valence-electron chi connectivity index (χ0n) is 36.8. The molecule has 6 aromatic rings. The summed E-state index contributed by atoms with van der Waals surface area (Å²) >= 11 is 0. The first-order chi connectivity index (χ1) is 30.8. The Bertz CT molecular complexity index is 2140. The first kappa shape index (κ1) is 43.1. The molecule has 8 rings (SSSR count). The normalized spacial score (nSPS) is 16.0. The van der Waals surface area contributed by atoms with Gasteiger partial charge in [0.2, 0.25) is 0 Å². The summed E-state index contributed by atoms with van der Waals surface area (Å²) in [5, 5.41) is 0. The molecule has 0 saturated heterocycles. The van der Waals surface area contributed by atoms with Crippen molar-refractivity contribution in [3.8, 4) is 23.0 Å². The second-order valence-corrected chi connectivity index (χ2v) is 17.3. The molecule has 0 aromatic heterocycles. The second kappa shape index (κ2) is 20.6. The molecule has 2 aliphatic rings. The lowest BCUT2D eigenvalue weighted by atomic mass is 9.75. The van der Waals surface area contributed by atoms with Crippen molar-refractivity contribution in [2.24, 2.45) is 27.2 Å². The number of ether oxygens (including phenoxy) is 6. The third-order valence-corrected chi connectivity index (χ3v) is 11.6. The minimum Gasteiger partial charge on any atom is -0.489 e. The topological polar surface area (TPSA) is 80.1 Å². The van der Waals surface area contributed by atoms with Gasteiger partial charge in [0.1, 0.15) is 68.1 Å². The van der Waals surface area contributed by atoms with Crippen LogP contribution in [0.2, 0.25) is 0 Å². The van der Waals surface area contributed by atoms with Crippen molar-refractivity contribution in [2.75, 3.05) is 13.2 Å². The molecule has 0 fully saturated rings. The highest BCUT2D eigenvalue weighted by Crippen LogP contribution is 2.41. The lowest BCUT2D eigenvalue weighted by molar-refractivity contribution is 0.236. The lowest BCUT2D eigenvalue weighted by Crippen LogP contribution is -2.44. The van der Waals surface area contributed by atoms with E-state index < -0.39 is 5.41 Å². The van der Waals surface area contributed by atoms with Crippen LogP contribution in [0.5, 0.6) is 23.0 Å². The molecule has 0 bridgehead atoms. The van der Waals surface area contributed by atoms with Crippen molar-refractivity contribution in [1.29, 1.82) is 0 Å². The Morgan fingerprint density at radius 2 is 0.714 bits per heavy atom. The fourth-order valence-corrected chi connectivity index (χ4v) is 7.90. The van der Waals surface area contributed by atoms with E-state index in [1.807, 2.05) is 84.9 Å². The van der Waals surface area contributed by atoms with Gasteiger partial charge in [0.25, 0.3) is 0 Å². The van der Waals surface area contributed by atoms with Gasteiger partial charge >= 0.3 is 0 Å². The van der Waals surface area contributed by atoms with Crippen molar-refractivity contribution in [3.05, 3.63) is 191 Å². The van der Waals surface area contributed by atoms with Crippen molar-refractivity contribution >= 4 is 11.8 Å². The maximum atomic E-state index is 6.75. The zero-order chi connectivity index (χ0) is 43.4. The van der Waals surface area contributed by atoms with Crippen LogP contribution in [-0.4, -0.2) is 37.1 Å². The predicted molar refractivity (Wildman–Crippen MR) is 250 cm³/mol. The SMILES string of the molecule is CC(C)C1COC(C(Cc2cc(OCc3ccccc3)cc(OCc3ccccc3)c2)(Cc2cc(OCc3ccccc3)cc(OCc3ccccc3)c2)C2=N[C@@H](C(C)C)CO2)=N1. The van der Waals surface area contributed by atoms with Gasteiger partial charge in [-0.05, 0) is 82.3 Å². The number of benzene rings is 6. The van der Waals surface area contributed by atoms with Crippen LogP contribution in [0.15, 0.2) is 168 Å². The van der Waals surface area contributed by atoms with Gasteiger partial charge in [-0.25, -0.2) is 9.98 Å². The number of hydrogen-bond acceptors (Lipinski definition) is 8. The van der Waals surface area contributed by atoms with Crippen LogP contribution in [-0.2, 0) is 48.7 Å². The molecular weight excluding hydrogens is 785 g/mol. The Morgan fingerprint density at radius 1 is 0.429 bits per heavy atom. The molecule has 1 unspecified atom stereocenters. The molecule has 2 aliphatic heterocycles. The van der Waals surface area contributed by atoms with E-state index in [1.54, 1.807) is 0 Å². The molecule has 0 saturated carbocycles. The second-order valence-electron chi connectivity index (χ2n) is 17.3. The van der Waals surface area contributed by atoms with Gasteiger partial charge in [-0.2, -0.15) is 0 Å². The van der Waals surface area contributed by atoms with Gasteiger partial charge in [-0.15, -0.1) is 0 Å². The third-order valence-electron chi connectivity index (χ3n) is 11.6. The summed E-state index contributed by atoms with van der Waals surface area (Å²) in [6.07, 6.45) is 0.889. The van der Waals surface area contributed by atoms with Crippen LogP contribution in [0, 0.1) is 17.3 Å². The smallest absolute Gasteiger partial charge is 0.200 e. The van der Waals surface area contributed by atoms with Crippen molar-refractivity contribution in [1.82, 2.24) is 0 Å². The van der Waals surface area contributed by atoms with E-state index in [2.05, 4.69) is 100 Å². The number of aliphatic imine (C=N–C) groups is 2. The molecule has 0 amide bonds. The molecule has 324 valence electrons. The minimum absolute atomic E-state index is 0.0158. The van der Waals surface area contributed by atoms with E-state index in [0.717, 1.165) is 33.4 Å². The lowest BCUT2D eigenvalue weighted by Gasteiger charge is -2.33. The van der Waals surface area contributed by atoms with E-state index in [4.69, 9.17) is 38.4 Å². The Kier molecular flexibility index (Phi) is 14.1. The van der Waals surface area contributed by atoms with Gasteiger partial charge in [0, 0.05) is 12.1 Å². The summed E-state index contributed by atoms with van der Waals surface area (Å²) in [6, 6.07) is 53.1. The summed E-state index contributed by atoms with van der Waals surface area (Å²) in [5.74, 6) is 4.58. The van der Waals surface area contributed by atoms with E-state index in [-0.39, 0.29) is 23.9 Å². The van der Waals surface area contributed by atoms with Crippen LogP contribution >= 0.6 is 0 Å². The van der Waals surface area contributed by atoms with Crippen LogP contribution in [0.3, 0.4) is 0 Å². The number of hydrogen-bond donors (Lipinski definition) is 0.